The molecule has 3 nitrogen and oxygen atoms in total. The average molecular weight is 259 g/mol. The second kappa shape index (κ2) is 6.29. The fourth-order valence-electron chi connectivity index (χ4n) is 2.02. The Morgan fingerprint density at radius 3 is 2.53 bits per heavy atom. The van der Waals surface area contributed by atoms with Gasteiger partial charge >= 0.3 is 0 Å². The SMILES string of the molecule is CNCc1ccc(N(C)Cc2ccncc2)c(F)c1. The molecule has 1 N–H and O–H groups in total. The van der Waals surface area contributed by atoms with Crippen LogP contribution in [0.4, 0.5) is 10.1 Å². The second-order valence-electron chi connectivity index (χ2n) is 4.53. The number of nitrogens with zero attached hydrogens (tertiary/aromatic N) is 2. The smallest absolute Gasteiger partial charge is 0.146 e. The Labute approximate surface area is 113 Å². The van der Waals surface area contributed by atoms with Crippen LogP contribution in [0.25, 0.3) is 0 Å². The molecule has 100 valence electrons. The molecular weight excluding hydrogens is 241 g/mol. The van der Waals surface area contributed by atoms with Gasteiger partial charge in [0.05, 0.1) is 5.69 Å². The van der Waals surface area contributed by atoms with E-state index in [1.807, 2.05) is 43.3 Å². The van der Waals surface area contributed by atoms with Gasteiger partial charge in [0.15, 0.2) is 0 Å². The largest absolute Gasteiger partial charge is 0.368 e. The normalized spacial score (nSPS) is 10.5. The van der Waals surface area contributed by atoms with Crippen molar-refractivity contribution in [3.05, 3.63) is 59.7 Å². The lowest BCUT2D eigenvalue weighted by molar-refractivity contribution is 0.618. The molecule has 0 amide bonds. The summed E-state index contributed by atoms with van der Waals surface area (Å²) in [6, 6.07) is 9.21. The van der Waals surface area contributed by atoms with Gasteiger partial charge in [-0.3, -0.25) is 4.98 Å². The maximum atomic E-state index is 14.0. The highest BCUT2D eigenvalue weighted by atomic mass is 19.1. The maximum absolute atomic E-state index is 14.0. The number of hydrogen-bond acceptors (Lipinski definition) is 3. The highest BCUT2D eigenvalue weighted by Crippen LogP contribution is 2.21. The molecule has 0 aliphatic rings. The maximum Gasteiger partial charge on any atom is 0.146 e. The summed E-state index contributed by atoms with van der Waals surface area (Å²) in [7, 11) is 3.73. The topological polar surface area (TPSA) is 28.2 Å². The molecule has 0 saturated carbocycles. The van der Waals surface area contributed by atoms with E-state index in [1.54, 1.807) is 18.5 Å². The first-order valence-corrected chi connectivity index (χ1v) is 6.24. The van der Waals surface area contributed by atoms with Gasteiger partial charge in [-0.1, -0.05) is 6.07 Å². The zero-order chi connectivity index (χ0) is 13.7. The van der Waals surface area contributed by atoms with E-state index in [-0.39, 0.29) is 5.82 Å². The molecule has 0 fully saturated rings. The Morgan fingerprint density at radius 1 is 1.16 bits per heavy atom. The molecule has 0 saturated heterocycles. The zero-order valence-corrected chi connectivity index (χ0v) is 11.2. The Morgan fingerprint density at radius 2 is 1.89 bits per heavy atom. The number of anilines is 1. The number of aromatic nitrogens is 1. The number of halogens is 1. The number of benzene rings is 1. The molecule has 0 aliphatic carbocycles. The van der Waals surface area contributed by atoms with Gasteiger partial charge in [-0.15, -0.1) is 0 Å². The lowest BCUT2D eigenvalue weighted by atomic mass is 10.1. The minimum atomic E-state index is -0.190. The van der Waals surface area contributed by atoms with Crippen LogP contribution in [0.2, 0.25) is 0 Å². The summed E-state index contributed by atoms with van der Waals surface area (Å²) in [5.74, 6) is -0.190. The molecular formula is C15H18FN3. The number of nitrogens with one attached hydrogen (secondary N) is 1. The standard InChI is InChI=1S/C15H18FN3/c1-17-10-13-3-4-15(14(16)9-13)19(2)11-12-5-7-18-8-6-12/h3-9,17H,10-11H2,1-2H3. The van der Waals surface area contributed by atoms with Gasteiger partial charge in [0.2, 0.25) is 0 Å². The summed E-state index contributed by atoms with van der Waals surface area (Å²) in [6.45, 7) is 1.33. The quantitative estimate of drug-likeness (QED) is 0.894. The van der Waals surface area contributed by atoms with E-state index in [0.717, 1.165) is 11.1 Å². The highest BCUT2D eigenvalue weighted by molar-refractivity contribution is 5.49. The molecule has 4 heteroatoms. The van der Waals surface area contributed by atoms with E-state index in [1.165, 1.54) is 0 Å². The van der Waals surface area contributed by atoms with Crippen LogP contribution < -0.4 is 10.2 Å². The highest BCUT2D eigenvalue weighted by Gasteiger charge is 2.08. The van der Waals surface area contributed by atoms with E-state index in [4.69, 9.17) is 0 Å². The monoisotopic (exact) mass is 259 g/mol. The molecule has 0 spiro atoms. The van der Waals surface area contributed by atoms with Crippen LogP contribution in [0.5, 0.6) is 0 Å². The van der Waals surface area contributed by atoms with Crippen LogP contribution in [0.3, 0.4) is 0 Å². The zero-order valence-electron chi connectivity index (χ0n) is 11.2. The van der Waals surface area contributed by atoms with E-state index < -0.39 is 0 Å². The first-order chi connectivity index (χ1) is 9.20. The average Bonchev–Trinajstić information content (AvgIpc) is 2.40. The summed E-state index contributed by atoms with van der Waals surface area (Å²) in [5.41, 5.74) is 2.66. The van der Waals surface area contributed by atoms with E-state index in [9.17, 15) is 4.39 Å². The van der Waals surface area contributed by atoms with Gasteiger partial charge in [0, 0.05) is 32.5 Å². The van der Waals surface area contributed by atoms with Crippen molar-refractivity contribution >= 4 is 5.69 Å². The predicted molar refractivity (Wildman–Crippen MR) is 75.5 cm³/mol. The molecule has 2 aromatic rings. The minimum Gasteiger partial charge on any atom is -0.368 e. The van der Waals surface area contributed by atoms with Crippen LogP contribution in [0, 0.1) is 5.82 Å². The van der Waals surface area contributed by atoms with Gasteiger partial charge in [0.25, 0.3) is 0 Å². The van der Waals surface area contributed by atoms with Crippen LogP contribution in [0.15, 0.2) is 42.7 Å². The molecule has 0 atom stereocenters. The van der Waals surface area contributed by atoms with Crippen molar-refractivity contribution in [3.8, 4) is 0 Å². The third kappa shape index (κ3) is 3.51. The Balaban J connectivity index is 2.13. The van der Waals surface area contributed by atoms with Crippen molar-refractivity contribution < 1.29 is 4.39 Å². The molecule has 0 unspecified atom stereocenters. The second-order valence-corrected chi connectivity index (χ2v) is 4.53. The molecule has 19 heavy (non-hydrogen) atoms. The van der Waals surface area contributed by atoms with Crippen molar-refractivity contribution in [3.63, 3.8) is 0 Å². The minimum absolute atomic E-state index is 0.190. The molecule has 0 aliphatic heterocycles. The van der Waals surface area contributed by atoms with Gasteiger partial charge < -0.3 is 10.2 Å². The predicted octanol–water partition coefficient (Wildman–Crippen LogP) is 2.58. The van der Waals surface area contributed by atoms with E-state index >= 15 is 0 Å². The Bertz CT molecular complexity index is 528. The summed E-state index contributed by atoms with van der Waals surface area (Å²) >= 11 is 0. The molecule has 2 rings (SSSR count). The lowest BCUT2D eigenvalue weighted by Crippen LogP contribution is -2.18. The fraction of sp³-hybridized carbons (Fsp3) is 0.267. The van der Waals surface area contributed by atoms with Crippen molar-refractivity contribution in [1.82, 2.24) is 10.3 Å². The molecule has 0 radical (unpaired) electrons. The Kier molecular flexibility index (Phi) is 4.47. The third-order valence-corrected chi connectivity index (χ3v) is 2.97. The lowest BCUT2D eigenvalue weighted by Gasteiger charge is -2.20. The fourth-order valence-corrected chi connectivity index (χ4v) is 2.02. The van der Waals surface area contributed by atoms with Crippen LogP contribution in [0.1, 0.15) is 11.1 Å². The number of hydrogen-bond donors (Lipinski definition) is 1. The van der Waals surface area contributed by atoms with Crippen molar-refractivity contribution in [2.45, 2.75) is 13.1 Å². The molecule has 1 heterocycles. The van der Waals surface area contributed by atoms with Crippen LogP contribution in [-0.2, 0) is 13.1 Å². The molecule has 1 aromatic heterocycles. The van der Waals surface area contributed by atoms with E-state index in [2.05, 4.69) is 10.3 Å². The van der Waals surface area contributed by atoms with Gasteiger partial charge in [-0.2, -0.15) is 0 Å². The third-order valence-electron chi connectivity index (χ3n) is 2.97. The Hall–Kier alpha value is -1.94. The van der Waals surface area contributed by atoms with Crippen LogP contribution >= 0.6 is 0 Å². The summed E-state index contributed by atoms with van der Waals surface area (Å²) in [4.78, 5) is 5.87. The van der Waals surface area contributed by atoms with Gasteiger partial charge in [-0.05, 0) is 42.4 Å². The van der Waals surface area contributed by atoms with Gasteiger partial charge in [0.1, 0.15) is 5.82 Å². The summed E-state index contributed by atoms with van der Waals surface area (Å²) in [5, 5.41) is 3.01. The number of rotatable bonds is 5. The van der Waals surface area contributed by atoms with Crippen molar-refractivity contribution in [2.24, 2.45) is 0 Å². The summed E-state index contributed by atoms with van der Waals surface area (Å²) < 4.78 is 14.0. The van der Waals surface area contributed by atoms with E-state index in [0.29, 0.717) is 18.8 Å². The van der Waals surface area contributed by atoms with Crippen molar-refractivity contribution in [1.29, 1.82) is 0 Å². The molecule has 0 bridgehead atoms. The van der Waals surface area contributed by atoms with Crippen LogP contribution in [-0.4, -0.2) is 19.1 Å². The van der Waals surface area contributed by atoms with Gasteiger partial charge in [-0.25, -0.2) is 4.39 Å². The van der Waals surface area contributed by atoms with Crippen molar-refractivity contribution in [2.75, 3.05) is 19.0 Å². The first-order valence-electron chi connectivity index (χ1n) is 6.24. The summed E-state index contributed by atoms with van der Waals surface area (Å²) in [6.07, 6.45) is 3.49. The first kappa shape index (κ1) is 13.5. The molecule has 1 aromatic carbocycles. The number of pyridine rings is 1.